The summed E-state index contributed by atoms with van der Waals surface area (Å²) in [6.07, 6.45) is -3.21. The molecule has 0 atom stereocenters. The fourth-order valence-corrected chi connectivity index (χ4v) is 3.26. The van der Waals surface area contributed by atoms with Crippen LogP contribution in [0.2, 0.25) is 5.02 Å². The molecule has 4 aromatic rings. The van der Waals surface area contributed by atoms with Gasteiger partial charge in [0.25, 0.3) is 0 Å². The van der Waals surface area contributed by atoms with Gasteiger partial charge in [0.1, 0.15) is 5.82 Å². The van der Waals surface area contributed by atoms with Crippen LogP contribution in [0.15, 0.2) is 66.9 Å². The van der Waals surface area contributed by atoms with Gasteiger partial charge in [0.15, 0.2) is 0 Å². The standard InChI is InChI=1S/C22H13ClF4N4/c23-16-10-14(7-8-17(16)24)19-11-18(30-21(28)31-19)12-3-5-13(6-4-12)20-15(22(25,26)27)2-1-9-29-20/h1-11H,(H2,28,30,31). The first-order valence-electron chi connectivity index (χ1n) is 8.95. The van der Waals surface area contributed by atoms with E-state index in [0.717, 1.165) is 6.07 Å². The molecule has 0 aliphatic heterocycles. The summed E-state index contributed by atoms with van der Waals surface area (Å²) in [6, 6.07) is 14.3. The maximum Gasteiger partial charge on any atom is 0.418 e. The van der Waals surface area contributed by atoms with Crippen LogP contribution in [0.5, 0.6) is 0 Å². The summed E-state index contributed by atoms with van der Waals surface area (Å²) >= 11 is 5.85. The topological polar surface area (TPSA) is 64.7 Å². The number of nitrogen functional groups attached to an aromatic ring is 1. The third kappa shape index (κ3) is 4.34. The number of halogens is 5. The molecule has 0 saturated heterocycles. The highest BCUT2D eigenvalue weighted by Crippen LogP contribution is 2.36. The van der Waals surface area contributed by atoms with E-state index in [9.17, 15) is 17.6 Å². The van der Waals surface area contributed by atoms with Gasteiger partial charge in [-0.05, 0) is 36.4 Å². The van der Waals surface area contributed by atoms with Crippen molar-refractivity contribution in [2.45, 2.75) is 6.18 Å². The van der Waals surface area contributed by atoms with E-state index in [1.807, 2.05) is 0 Å². The van der Waals surface area contributed by atoms with Gasteiger partial charge in [-0.1, -0.05) is 35.9 Å². The minimum absolute atomic E-state index is 0.0129. The second kappa shape index (κ2) is 7.96. The Kier molecular flexibility index (Phi) is 5.32. The van der Waals surface area contributed by atoms with E-state index in [-0.39, 0.29) is 16.7 Å². The Balaban J connectivity index is 1.72. The Bertz CT molecular complexity index is 1260. The monoisotopic (exact) mass is 444 g/mol. The number of aromatic nitrogens is 3. The molecule has 0 aliphatic carbocycles. The number of alkyl halides is 3. The number of hydrogen-bond donors (Lipinski definition) is 1. The Hall–Kier alpha value is -3.52. The van der Waals surface area contributed by atoms with Crippen molar-refractivity contribution in [2.24, 2.45) is 0 Å². The van der Waals surface area contributed by atoms with Crippen LogP contribution in [-0.4, -0.2) is 15.0 Å². The smallest absolute Gasteiger partial charge is 0.368 e. The molecule has 9 heteroatoms. The minimum Gasteiger partial charge on any atom is -0.368 e. The van der Waals surface area contributed by atoms with Crippen LogP contribution in [0.3, 0.4) is 0 Å². The number of nitrogens with zero attached hydrogens (tertiary/aromatic N) is 3. The molecule has 2 aromatic carbocycles. The van der Waals surface area contributed by atoms with Gasteiger partial charge in [0.05, 0.1) is 27.7 Å². The van der Waals surface area contributed by atoms with E-state index >= 15 is 0 Å². The predicted molar refractivity (Wildman–Crippen MR) is 111 cm³/mol. The summed E-state index contributed by atoms with van der Waals surface area (Å²) in [4.78, 5) is 12.2. The van der Waals surface area contributed by atoms with E-state index in [0.29, 0.717) is 28.1 Å². The number of rotatable bonds is 3. The number of nitrogens with two attached hydrogens (primary N) is 1. The molecule has 2 heterocycles. The van der Waals surface area contributed by atoms with Crippen molar-refractivity contribution in [3.05, 3.63) is 83.3 Å². The van der Waals surface area contributed by atoms with Crippen molar-refractivity contribution < 1.29 is 17.6 Å². The summed E-state index contributed by atoms with van der Waals surface area (Å²) in [5.41, 5.74) is 7.19. The van der Waals surface area contributed by atoms with Crippen molar-refractivity contribution in [2.75, 3.05) is 5.73 Å². The van der Waals surface area contributed by atoms with Crippen LogP contribution in [-0.2, 0) is 6.18 Å². The molecule has 31 heavy (non-hydrogen) atoms. The highest BCUT2D eigenvalue weighted by atomic mass is 35.5. The van der Waals surface area contributed by atoms with E-state index in [4.69, 9.17) is 17.3 Å². The Morgan fingerprint density at radius 3 is 2.06 bits per heavy atom. The van der Waals surface area contributed by atoms with Gasteiger partial charge in [0, 0.05) is 22.9 Å². The molecular formula is C22H13ClF4N4. The van der Waals surface area contributed by atoms with Gasteiger partial charge < -0.3 is 5.73 Å². The molecule has 0 fully saturated rings. The molecule has 4 rings (SSSR count). The van der Waals surface area contributed by atoms with Crippen molar-refractivity contribution in [3.8, 4) is 33.8 Å². The lowest BCUT2D eigenvalue weighted by atomic mass is 10.0. The quantitative estimate of drug-likeness (QED) is 0.378. The summed E-state index contributed by atoms with van der Waals surface area (Å²) in [5, 5.41) is -0.0589. The second-order valence-corrected chi connectivity index (χ2v) is 7.01. The Morgan fingerprint density at radius 1 is 0.806 bits per heavy atom. The van der Waals surface area contributed by atoms with Crippen LogP contribution in [0.4, 0.5) is 23.5 Å². The molecule has 4 nitrogen and oxygen atoms in total. The van der Waals surface area contributed by atoms with Gasteiger partial charge >= 0.3 is 6.18 Å². The molecule has 0 bridgehead atoms. The van der Waals surface area contributed by atoms with Crippen LogP contribution in [0.1, 0.15) is 5.56 Å². The van der Waals surface area contributed by atoms with Crippen molar-refractivity contribution in [1.82, 2.24) is 15.0 Å². The maximum atomic E-state index is 13.5. The lowest BCUT2D eigenvalue weighted by Gasteiger charge is -2.12. The Morgan fingerprint density at radius 2 is 1.42 bits per heavy atom. The first-order valence-corrected chi connectivity index (χ1v) is 9.33. The molecule has 0 amide bonds. The maximum absolute atomic E-state index is 13.5. The highest BCUT2D eigenvalue weighted by Gasteiger charge is 2.34. The van der Waals surface area contributed by atoms with Crippen LogP contribution >= 0.6 is 11.6 Å². The van der Waals surface area contributed by atoms with Gasteiger partial charge in [-0.2, -0.15) is 13.2 Å². The fraction of sp³-hybridized carbons (Fsp3) is 0.0455. The molecule has 0 saturated carbocycles. The average Bonchev–Trinajstić information content (AvgIpc) is 2.75. The fourth-order valence-electron chi connectivity index (χ4n) is 3.08. The zero-order chi connectivity index (χ0) is 22.2. The highest BCUT2D eigenvalue weighted by molar-refractivity contribution is 6.31. The summed E-state index contributed by atoms with van der Waals surface area (Å²) < 4.78 is 53.3. The van der Waals surface area contributed by atoms with Gasteiger partial charge in [0.2, 0.25) is 5.95 Å². The summed E-state index contributed by atoms with van der Waals surface area (Å²) in [5.74, 6) is -0.572. The first-order chi connectivity index (χ1) is 14.7. The van der Waals surface area contributed by atoms with E-state index < -0.39 is 17.6 Å². The number of benzene rings is 2. The van der Waals surface area contributed by atoms with Crippen LogP contribution < -0.4 is 5.73 Å². The predicted octanol–water partition coefficient (Wildman–Crippen LogP) is 6.27. The number of hydrogen-bond acceptors (Lipinski definition) is 4. The normalized spacial score (nSPS) is 11.5. The zero-order valence-electron chi connectivity index (χ0n) is 15.7. The van der Waals surface area contributed by atoms with Gasteiger partial charge in [-0.25, -0.2) is 14.4 Å². The van der Waals surface area contributed by atoms with E-state index in [2.05, 4.69) is 15.0 Å². The van der Waals surface area contributed by atoms with Gasteiger partial charge in [-0.3, -0.25) is 4.98 Å². The molecule has 0 radical (unpaired) electrons. The van der Waals surface area contributed by atoms with Crippen molar-refractivity contribution in [1.29, 1.82) is 0 Å². The Labute approximate surface area is 179 Å². The van der Waals surface area contributed by atoms with E-state index in [1.54, 1.807) is 18.2 Å². The summed E-state index contributed by atoms with van der Waals surface area (Å²) in [7, 11) is 0. The average molecular weight is 445 g/mol. The van der Waals surface area contributed by atoms with Crippen molar-refractivity contribution in [3.63, 3.8) is 0 Å². The third-order valence-corrected chi connectivity index (χ3v) is 4.82. The molecule has 0 spiro atoms. The summed E-state index contributed by atoms with van der Waals surface area (Å²) in [6.45, 7) is 0. The van der Waals surface area contributed by atoms with Gasteiger partial charge in [-0.15, -0.1) is 0 Å². The molecule has 2 N–H and O–H groups in total. The largest absolute Gasteiger partial charge is 0.418 e. The zero-order valence-corrected chi connectivity index (χ0v) is 16.4. The molecular weight excluding hydrogens is 432 g/mol. The number of anilines is 1. The lowest BCUT2D eigenvalue weighted by molar-refractivity contribution is -0.137. The minimum atomic E-state index is -4.52. The number of pyridine rings is 1. The molecule has 0 aliphatic rings. The van der Waals surface area contributed by atoms with E-state index in [1.165, 1.54) is 42.6 Å². The SMILES string of the molecule is Nc1nc(-c2ccc(-c3ncccc3C(F)(F)F)cc2)cc(-c2ccc(F)c(Cl)c2)n1. The molecule has 2 aromatic heterocycles. The lowest BCUT2D eigenvalue weighted by Crippen LogP contribution is -2.08. The van der Waals surface area contributed by atoms with Crippen molar-refractivity contribution >= 4 is 17.5 Å². The first kappa shape index (κ1) is 20.7. The molecule has 0 unspecified atom stereocenters. The molecule has 156 valence electrons. The van der Waals surface area contributed by atoms with Crippen LogP contribution in [0, 0.1) is 5.82 Å². The van der Waals surface area contributed by atoms with Crippen LogP contribution in [0.25, 0.3) is 33.8 Å². The third-order valence-electron chi connectivity index (χ3n) is 4.53. The second-order valence-electron chi connectivity index (χ2n) is 6.60.